The molecule has 2 saturated heterocycles. The second kappa shape index (κ2) is 14.1. The highest BCUT2D eigenvalue weighted by Gasteiger charge is 2.61. The first-order chi connectivity index (χ1) is 23.0. The van der Waals surface area contributed by atoms with E-state index in [0.717, 1.165) is 0 Å². The highest BCUT2D eigenvalue weighted by Crippen LogP contribution is 2.43. The summed E-state index contributed by atoms with van der Waals surface area (Å²) in [4.78, 5) is 43.3. The summed E-state index contributed by atoms with van der Waals surface area (Å²) in [5.41, 5.74) is -0.804. The fourth-order valence-corrected chi connectivity index (χ4v) is 7.01. The van der Waals surface area contributed by atoms with E-state index in [1.165, 1.54) is 35.6 Å². The number of likely N-dealkylation sites (tertiary alicyclic amines) is 1. The number of ether oxygens (including phenoxy) is 3. The minimum atomic E-state index is -3.24. The van der Waals surface area contributed by atoms with Gasteiger partial charge >= 0.3 is 11.9 Å². The van der Waals surface area contributed by atoms with Gasteiger partial charge in [0.1, 0.15) is 23.5 Å². The Kier molecular flexibility index (Phi) is 10.6. The van der Waals surface area contributed by atoms with E-state index in [4.69, 9.17) is 24.0 Å². The molecule has 3 aliphatic rings. The lowest BCUT2D eigenvalue weighted by atomic mass is 9.85. The van der Waals surface area contributed by atoms with Gasteiger partial charge in [-0.3, -0.25) is 19.5 Å². The summed E-state index contributed by atoms with van der Waals surface area (Å²) in [6.45, 7) is 10.9. The maximum absolute atomic E-state index is 16.0. The molecule has 268 valence electrons. The smallest absolute Gasteiger partial charge is 0.338 e. The summed E-state index contributed by atoms with van der Waals surface area (Å²) in [5.74, 6) is -4.60. The average Bonchev–Trinajstić information content (AvgIpc) is 3.75. The number of thiazole rings is 1. The van der Waals surface area contributed by atoms with Gasteiger partial charge in [-0.1, -0.05) is 12.1 Å². The lowest BCUT2D eigenvalue weighted by molar-refractivity contribution is -0.208. The second-order valence-electron chi connectivity index (χ2n) is 13.9. The molecule has 1 N–H and O–H groups in total. The van der Waals surface area contributed by atoms with Crippen LogP contribution >= 0.6 is 11.3 Å². The summed E-state index contributed by atoms with van der Waals surface area (Å²) >= 11 is 1.31. The number of hydrogen-bond donors (Lipinski definition) is 1. The third-order valence-electron chi connectivity index (χ3n) is 8.98. The first kappa shape index (κ1) is 36.9. The van der Waals surface area contributed by atoms with Crippen molar-refractivity contribution < 1.29 is 41.8 Å². The zero-order chi connectivity index (χ0) is 35.9. The van der Waals surface area contributed by atoms with Crippen LogP contribution in [0.3, 0.4) is 0 Å². The Morgan fingerprint density at radius 2 is 1.96 bits per heavy atom. The van der Waals surface area contributed by atoms with Gasteiger partial charge in [0.05, 0.1) is 49.4 Å². The van der Waals surface area contributed by atoms with Gasteiger partial charge in [0.2, 0.25) is 0 Å². The highest BCUT2D eigenvalue weighted by atomic mass is 32.1. The van der Waals surface area contributed by atoms with Crippen LogP contribution in [-0.4, -0.2) is 102 Å². The van der Waals surface area contributed by atoms with E-state index in [0.29, 0.717) is 27.7 Å². The third-order valence-corrected chi connectivity index (χ3v) is 9.76. The van der Waals surface area contributed by atoms with Crippen LogP contribution in [0.15, 0.2) is 46.0 Å². The Morgan fingerprint density at radius 1 is 1.22 bits per heavy atom. The molecule has 0 unspecified atom stereocenters. The molecule has 3 aliphatic heterocycles. The molecule has 1 aromatic heterocycles. The largest absolute Gasteiger partial charge is 0.463 e. The predicted molar refractivity (Wildman–Crippen MR) is 177 cm³/mol. The van der Waals surface area contributed by atoms with Crippen LogP contribution in [0, 0.1) is 18.2 Å². The van der Waals surface area contributed by atoms with Crippen molar-refractivity contribution in [1.29, 1.82) is 0 Å². The van der Waals surface area contributed by atoms with E-state index in [1.807, 2.05) is 0 Å². The standard InChI is InChI=1S/C34H44F3N5O6S/c1-9-46-30(43)25-22(39-28(29-38-13-14-49-29)40-26(25)20-11-10-12-21(35)19(20)2)15-41-18-34(36,37)27-23(41)17-47-42(27)16-24(45-8)33(6,7)31(44)48-32(3,4)5/h10-14,23-24,26-27H,9,15-18H2,1-8H3,(H,39,40)/t23-,24+,26-,27+/m0/s1. The Balaban J connectivity index is 1.47. The Labute approximate surface area is 288 Å². The molecule has 4 heterocycles. The van der Waals surface area contributed by atoms with Crippen molar-refractivity contribution in [1.82, 2.24) is 20.3 Å². The number of esters is 2. The summed E-state index contributed by atoms with van der Waals surface area (Å²) in [6, 6.07) is 1.39. The second-order valence-corrected chi connectivity index (χ2v) is 14.8. The average molecular weight is 708 g/mol. The van der Waals surface area contributed by atoms with Gasteiger partial charge in [-0.2, -0.15) is 5.06 Å². The van der Waals surface area contributed by atoms with E-state index in [2.05, 4.69) is 10.3 Å². The topological polar surface area (TPSA) is 115 Å². The van der Waals surface area contributed by atoms with Crippen LogP contribution in [0.25, 0.3) is 0 Å². The number of alkyl halides is 2. The molecular weight excluding hydrogens is 663 g/mol. The van der Waals surface area contributed by atoms with E-state index >= 15 is 8.78 Å². The molecule has 5 rings (SSSR count). The van der Waals surface area contributed by atoms with Gasteiger partial charge < -0.3 is 19.5 Å². The molecule has 1 aromatic carbocycles. The Morgan fingerprint density at radius 3 is 2.59 bits per heavy atom. The van der Waals surface area contributed by atoms with Gasteiger partial charge in [-0.15, -0.1) is 11.3 Å². The van der Waals surface area contributed by atoms with Crippen molar-refractivity contribution in [3.05, 3.63) is 63.0 Å². The quantitative estimate of drug-likeness (QED) is 0.327. The highest BCUT2D eigenvalue weighted by molar-refractivity contribution is 7.11. The molecule has 15 heteroatoms. The van der Waals surface area contributed by atoms with E-state index in [9.17, 15) is 14.0 Å². The summed E-state index contributed by atoms with van der Waals surface area (Å²) in [7, 11) is 1.42. The molecule has 49 heavy (non-hydrogen) atoms. The number of hydrogen-bond acceptors (Lipinski definition) is 12. The van der Waals surface area contributed by atoms with Gasteiger partial charge in [0.25, 0.3) is 5.92 Å². The van der Waals surface area contributed by atoms with Gasteiger partial charge in [-0.05, 0) is 65.7 Å². The molecule has 0 bridgehead atoms. The van der Waals surface area contributed by atoms with Crippen LogP contribution in [0.1, 0.15) is 63.7 Å². The number of nitrogens with zero attached hydrogens (tertiary/aromatic N) is 4. The van der Waals surface area contributed by atoms with E-state index < -0.39 is 65.5 Å². The lowest BCUT2D eigenvalue weighted by Gasteiger charge is -2.37. The third kappa shape index (κ3) is 7.55. The van der Waals surface area contributed by atoms with Crippen LogP contribution in [0.5, 0.6) is 0 Å². The molecule has 0 spiro atoms. The Hall–Kier alpha value is -3.37. The van der Waals surface area contributed by atoms with Crippen molar-refractivity contribution in [2.24, 2.45) is 10.4 Å². The number of aromatic nitrogens is 1. The van der Waals surface area contributed by atoms with Gasteiger partial charge in [0.15, 0.2) is 10.8 Å². The molecular formula is C34H44F3N5O6S. The number of carbonyl (C=O) groups is 2. The first-order valence-electron chi connectivity index (χ1n) is 16.2. The molecule has 0 aliphatic carbocycles. The maximum atomic E-state index is 16.0. The SMILES string of the molecule is CCOC(=O)C1=C(CN2CC(F)(F)[C@H]3[C@@H]2CON3C[C@@H](OC)C(C)(C)C(=O)OC(C)(C)C)NC(c2nccs2)=N[C@H]1c1cccc(F)c1C. The van der Waals surface area contributed by atoms with Crippen molar-refractivity contribution in [2.75, 3.05) is 40.0 Å². The van der Waals surface area contributed by atoms with E-state index in [1.54, 1.807) is 71.0 Å². The summed E-state index contributed by atoms with van der Waals surface area (Å²) < 4.78 is 63.5. The Bertz CT molecular complexity index is 1610. The number of rotatable bonds is 11. The van der Waals surface area contributed by atoms with Crippen molar-refractivity contribution in [3.63, 3.8) is 0 Å². The zero-order valence-corrected chi connectivity index (χ0v) is 29.8. The molecule has 11 nitrogen and oxygen atoms in total. The number of amidine groups is 1. The molecule has 0 radical (unpaired) electrons. The number of nitrogens with one attached hydrogen (secondary N) is 1. The number of methoxy groups -OCH3 is 1. The van der Waals surface area contributed by atoms with Crippen molar-refractivity contribution >= 4 is 29.1 Å². The number of fused-ring (bicyclic) bond motifs is 1. The molecule has 4 atom stereocenters. The summed E-state index contributed by atoms with van der Waals surface area (Å²) in [5, 5.41) is 6.67. The van der Waals surface area contributed by atoms with Crippen molar-refractivity contribution in [2.45, 2.75) is 84.2 Å². The maximum Gasteiger partial charge on any atom is 0.338 e. The monoisotopic (exact) mass is 707 g/mol. The minimum Gasteiger partial charge on any atom is -0.463 e. The molecule has 2 aromatic rings. The van der Waals surface area contributed by atoms with Gasteiger partial charge in [0, 0.05) is 30.9 Å². The number of halogens is 3. The van der Waals surface area contributed by atoms with E-state index in [-0.39, 0.29) is 31.9 Å². The van der Waals surface area contributed by atoms with Crippen molar-refractivity contribution in [3.8, 4) is 0 Å². The fraction of sp³-hybridized carbons (Fsp3) is 0.588. The molecule has 0 amide bonds. The zero-order valence-electron chi connectivity index (χ0n) is 29.0. The predicted octanol–water partition coefficient (Wildman–Crippen LogP) is 4.82. The number of carbonyl (C=O) groups excluding carboxylic acids is 2. The number of benzene rings is 1. The number of aliphatic imine (C=N–C) groups is 1. The normalized spacial score (nSPS) is 23.6. The fourth-order valence-electron chi connectivity index (χ4n) is 6.42. The van der Waals surface area contributed by atoms with Gasteiger partial charge in [-0.25, -0.2) is 22.9 Å². The first-order valence-corrected chi connectivity index (χ1v) is 17.0. The lowest BCUT2D eigenvalue weighted by Crippen LogP contribution is -2.52. The molecule has 2 fully saturated rings. The molecule has 0 saturated carbocycles. The van der Waals surface area contributed by atoms with Crippen LogP contribution in [0.4, 0.5) is 13.2 Å². The van der Waals surface area contributed by atoms with Crippen LogP contribution < -0.4 is 5.32 Å². The van der Waals surface area contributed by atoms with Crippen LogP contribution in [-0.2, 0) is 28.6 Å². The summed E-state index contributed by atoms with van der Waals surface area (Å²) in [6.07, 6.45) is 0.765. The van der Waals surface area contributed by atoms with Crippen LogP contribution in [0.2, 0.25) is 0 Å². The number of hydroxylamine groups is 2. The minimum absolute atomic E-state index is 0.0586.